The van der Waals surface area contributed by atoms with Gasteiger partial charge in [-0.05, 0) is 38.0 Å². The maximum atomic E-state index is 11.9. The lowest BCUT2D eigenvalue weighted by Crippen LogP contribution is -2.30. The van der Waals surface area contributed by atoms with Crippen molar-refractivity contribution in [3.63, 3.8) is 0 Å². The van der Waals surface area contributed by atoms with Gasteiger partial charge in [0.05, 0.1) is 0 Å². The molecule has 4 heteroatoms. The van der Waals surface area contributed by atoms with E-state index in [-0.39, 0.29) is 17.1 Å². The van der Waals surface area contributed by atoms with Crippen molar-refractivity contribution in [2.75, 3.05) is 0 Å². The molecule has 1 aromatic rings. The molecule has 4 nitrogen and oxygen atoms in total. The number of esters is 1. The van der Waals surface area contributed by atoms with Crippen LogP contribution in [0.4, 0.5) is 0 Å². The van der Waals surface area contributed by atoms with Gasteiger partial charge in [0, 0.05) is 0 Å². The van der Waals surface area contributed by atoms with Crippen molar-refractivity contribution >= 4 is 5.97 Å². The molecular weight excluding hydrogens is 220 g/mol. The van der Waals surface area contributed by atoms with Crippen molar-refractivity contribution in [2.24, 2.45) is 0 Å². The highest BCUT2D eigenvalue weighted by Crippen LogP contribution is 2.27. The fourth-order valence-electron chi connectivity index (χ4n) is 1.36. The van der Waals surface area contributed by atoms with E-state index >= 15 is 0 Å². The van der Waals surface area contributed by atoms with Crippen LogP contribution in [0.5, 0.6) is 11.5 Å². The number of phenolic OH excluding ortho intramolecular Hbond substituents is 2. The summed E-state index contributed by atoms with van der Waals surface area (Å²) in [7, 11) is 0. The number of benzene rings is 1. The van der Waals surface area contributed by atoms with Gasteiger partial charge in [-0.2, -0.15) is 0 Å². The van der Waals surface area contributed by atoms with E-state index in [4.69, 9.17) is 4.74 Å². The number of aromatic hydroxyl groups is 2. The second-order valence-electron chi connectivity index (χ2n) is 4.25. The lowest BCUT2D eigenvalue weighted by molar-refractivity contribution is -0.0133. The van der Waals surface area contributed by atoms with Gasteiger partial charge < -0.3 is 14.9 Å². The quantitative estimate of drug-likeness (QED) is 0.625. The number of phenols is 2. The molecule has 0 fully saturated rings. The zero-order valence-corrected chi connectivity index (χ0v) is 10.4. The van der Waals surface area contributed by atoms with Gasteiger partial charge in [0.2, 0.25) is 0 Å². The molecule has 0 bridgehead atoms. The van der Waals surface area contributed by atoms with Crippen LogP contribution in [-0.2, 0) is 4.74 Å². The Hall–Kier alpha value is -1.71. The average molecular weight is 238 g/mol. The number of hydrogen-bond donors (Lipinski definition) is 2. The van der Waals surface area contributed by atoms with Crippen LogP contribution in [0.1, 0.15) is 44.0 Å². The molecular formula is C13H18O4. The summed E-state index contributed by atoms with van der Waals surface area (Å²) in [5.74, 6) is -0.892. The number of carbonyl (C=O) groups is 1. The van der Waals surface area contributed by atoms with Gasteiger partial charge in [0.25, 0.3) is 0 Å². The van der Waals surface area contributed by atoms with Crippen molar-refractivity contribution < 1.29 is 19.7 Å². The first-order valence-electron chi connectivity index (χ1n) is 5.67. The molecule has 0 aliphatic heterocycles. The van der Waals surface area contributed by atoms with Crippen LogP contribution in [0.25, 0.3) is 0 Å². The molecule has 2 N–H and O–H groups in total. The summed E-state index contributed by atoms with van der Waals surface area (Å²) in [5.41, 5.74) is -0.562. The summed E-state index contributed by atoms with van der Waals surface area (Å²) in [6.07, 6.45) is 1.38. The predicted octanol–water partition coefficient (Wildman–Crippen LogP) is 2.83. The first kappa shape index (κ1) is 13.4. The fourth-order valence-corrected chi connectivity index (χ4v) is 1.36. The van der Waals surface area contributed by atoms with Gasteiger partial charge in [-0.25, -0.2) is 4.79 Å². The lowest BCUT2D eigenvalue weighted by Gasteiger charge is -2.27. The Morgan fingerprint density at radius 3 is 2.41 bits per heavy atom. The van der Waals surface area contributed by atoms with E-state index in [1.54, 1.807) is 0 Å². The fraction of sp³-hybridized carbons (Fsp3) is 0.462. The normalized spacial score (nSPS) is 11.2. The Morgan fingerprint density at radius 2 is 1.88 bits per heavy atom. The van der Waals surface area contributed by atoms with Crippen molar-refractivity contribution in [1.29, 1.82) is 0 Å². The maximum Gasteiger partial charge on any atom is 0.342 e. The van der Waals surface area contributed by atoms with Crippen LogP contribution in [0.2, 0.25) is 0 Å². The molecule has 0 heterocycles. The molecule has 0 radical (unpaired) electrons. The second kappa shape index (κ2) is 5.08. The van der Waals surface area contributed by atoms with Gasteiger partial charge in [0.15, 0.2) is 0 Å². The Bertz CT molecular complexity index is 408. The van der Waals surface area contributed by atoms with Gasteiger partial charge >= 0.3 is 5.97 Å². The number of rotatable bonds is 4. The second-order valence-corrected chi connectivity index (χ2v) is 4.25. The van der Waals surface area contributed by atoms with Crippen LogP contribution in [0.15, 0.2) is 18.2 Å². The SMILES string of the molecule is CCC(C)(CC)OC(=O)c1cc(O)ccc1O. The highest BCUT2D eigenvalue weighted by Gasteiger charge is 2.26. The van der Waals surface area contributed by atoms with E-state index in [0.717, 1.165) is 0 Å². The predicted molar refractivity (Wildman–Crippen MR) is 64.2 cm³/mol. The summed E-state index contributed by atoms with van der Waals surface area (Å²) in [6.45, 7) is 5.70. The standard InChI is InChI=1S/C13H18O4/c1-4-13(3,5-2)17-12(16)10-8-9(14)6-7-11(10)15/h6-8,14-15H,4-5H2,1-3H3. The Balaban J connectivity index is 2.94. The molecule has 1 rings (SSSR count). The monoisotopic (exact) mass is 238 g/mol. The van der Waals surface area contributed by atoms with E-state index in [1.165, 1.54) is 18.2 Å². The molecule has 0 aliphatic carbocycles. The van der Waals surface area contributed by atoms with Gasteiger partial charge in [-0.15, -0.1) is 0 Å². The first-order valence-corrected chi connectivity index (χ1v) is 5.67. The average Bonchev–Trinajstić information content (AvgIpc) is 2.32. The van der Waals surface area contributed by atoms with Crippen LogP contribution in [0, 0.1) is 0 Å². The molecule has 17 heavy (non-hydrogen) atoms. The third-order valence-corrected chi connectivity index (χ3v) is 3.03. The summed E-state index contributed by atoms with van der Waals surface area (Å²) < 4.78 is 5.35. The number of carbonyl (C=O) groups excluding carboxylic acids is 1. The summed E-state index contributed by atoms with van der Waals surface area (Å²) >= 11 is 0. The van der Waals surface area contributed by atoms with E-state index < -0.39 is 11.6 Å². The summed E-state index contributed by atoms with van der Waals surface area (Å²) in [6, 6.07) is 3.77. The number of ether oxygens (including phenoxy) is 1. The third-order valence-electron chi connectivity index (χ3n) is 3.03. The molecule has 94 valence electrons. The largest absolute Gasteiger partial charge is 0.508 e. The summed E-state index contributed by atoms with van der Waals surface area (Å²) in [4.78, 5) is 11.9. The zero-order valence-electron chi connectivity index (χ0n) is 10.4. The van der Waals surface area contributed by atoms with Crippen molar-refractivity contribution in [2.45, 2.75) is 39.2 Å². The molecule has 0 saturated carbocycles. The Labute approximate surface area is 101 Å². The van der Waals surface area contributed by atoms with Crippen LogP contribution < -0.4 is 0 Å². The van der Waals surface area contributed by atoms with E-state index in [0.29, 0.717) is 12.8 Å². The van der Waals surface area contributed by atoms with Crippen LogP contribution >= 0.6 is 0 Å². The smallest absolute Gasteiger partial charge is 0.342 e. The van der Waals surface area contributed by atoms with Crippen molar-refractivity contribution in [1.82, 2.24) is 0 Å². The highest BCUT2D eigenvalue weighted by atomic mass is 16.6. The Morgan fingerprint density at radius 1 is 1.29 bits per heavy atom. The van der Waals surface area contributed by atoms with Crippen molar-refractivity contribution in [3.05, 3.63) is 23.8 Å². The van der Waals surface area contributed by atoms with Gasteiger partial charge in [0.1, 0.15) is 22.7 Å². The molecule has 0 aromatic heterocycles. The Kier molecular flexibility index (Phi) is 3.99. The molecule has 0 spiro atoms. The van der Waals surface area contributed by atoms with E-state index in [9.17, 15) is 15.0 Å². The molecule has 1 aromatic carbocycles. The van der Waals surface area contributed by atoms with Crippen LogP contribution in [0.3, 0.4) is 0 Å². The topological polar surface area (TPSA) is 66.8 Å². The number of hydrogen-bond acceptors (Lipinski definition) is 4. The minimum absolute atomic E-state index is 0.0156. The van der Waals surface area contributed by atoms with Crippen molar-refractivity contribution in [3.8, 4) is 11.5 Å². The van der Waals surface area contributed by atoms with Gasteiger partial charge in [-0.1, -0.05) is 13.8 Å². The summed E-state index contributed by atoms with van der Waals surface area (Å²) in [5, 5.41) is 18.8. The molecule has 0 saturated heterocycles. The van der Waals surface area contributed by atoms with E-state index in [2.05, 4.69) is 0 Å². The highest BCUT2D eigenvalue weighted by molar-refractivity contribution is 5.93. The third kappa shape index (κ3) is 3.12. The van der Waals surface area contributed by atoms with E-state index in [1.807, 2.05) is 20.8 Å². The lowest BCUT2D eigenvalue weighted by atomic mass is 10.00. The maximum absolute atomic E-state index is 11.9. The molecule has 0 atom stereocenters. The minimum atomic E-state index is -0.621. The zero-order chi connectivity index (χ0) is 13.1. The molecule has 0 aliphatic rings. The first-order chi connectivity index (χ1) is 7.91. The molecule has 0 amide bonds. The molecule has 0 unspecified atom stereocenters. The van der Waals surface area contributed by atoms with Gasteiger partial charge in [-0.3, -0.25) is 0 Å². The minimum Gasteiger partial charge on any atom is -0.508 e. The van der Waals surface area contributed by atoms with Crippen LogP contribution in [-0.4, -0.2) is 21.8 Å².